The van der Waals surface area contributed by atoms with Gasteiger partial charge >= 0.3 is 0 Å². The van der Waals surface area contributed by atoms with Gasteiger partial charge in [-0.1, -0.05) is 60.7 Å². The van der Waals surface area contributed by atoms with Crippen LogP contribution < -0.4 is 10.6 Å². The summed E-state index contributed by atoms with van der Waals surface area (Å²) >= 11 is 0. The van der Waals surface area contributed by atoms with Gasteiger partial charge in [0.15, 0.2) is 0 Å². The van der Waals surface area contributed by atoms with Crippen molar-refractivity contribution in [3.63, 3.8) is 0 Å². The molecule has 0 aromatic heterocycles. The van der Waals surface area contributed by atoms with Crippen LogP contribution in [0.15, 0.2) is 60.7 Å². The van der Waals surface area contributed by atoms with Crippen LogP contribution in [0, 0.1) is 0 Å². The van der Waals surface area contributed by atoms with Crippen molar-refractivity contribution in [3.05, 3.63) is 71.8 Å². The molecule has 1 aliphatic rings. The molecule has 1 heterocycles. The summed E-state index contributed by atoms with van der Waals surface area (Å²) in [6.45, 7) is 0.771. The van der Waals surface area contributed by atoms with Gasteiger partial charge in [0.25, 0.3) is 0 Å². The summed E-state index contributed by atoms with van der Waals surface area (Å²) in [6, 6.07) is 20.1. The summed E-state index contributed by atoms with van der Waals surface area (Å²) in [6.07, 6.45) is 0.730. The highest BCUT2D eigenvalue weighted by atomic mass is 16.2. The molecule has 0 saturated carbocycles. The minimum Gasteiger partial charge on any atom is -0.347 e. The summed E-state index contributed by atoms with van der Waals surface area (Å²) in [5.41, 5.74) is 2.32. The zero-order valence-electron chi connectivity index (χ0n) is 11.3. The molecule has 102 valence electrons. The van der Waals surface area contributed by atoms with E-state index in [0.717, 1.165) is 18.5 Å². The van der Waals surface area contributed by atoms with Crippen LogP contribution in [0.25, 0.3) is 0 Å². The summed E-state index contributed by atoms with van der Waals surface area (Å²) in [7, 11) is 0. The third kappa shape index (κ3) is 2.89. The number of nitrogens with one attached hydrogen (secondary N) is 2. The van der Waals surface area contributed by atoms with Crippen molar-refractivity contribution in [2.45, 2.75) is 18.5 Å². The Hall–Kier alpha value is -2.13. The van der Waals surface area contributed by atoms with Gasteiger partial charge in [-0.3, -0.25) is 4.79 Å². The van der Waals surface area contributed by atoms with E-state index in [-0.39, 0.29) is 18.0 Å². The van der Waals surface area contributed by atoms with E-state index in [1.165, 1.54) is 5.56 Å². The van der Waals surface area contributed by atoms with E-state index in [2.05, 4.69) is 22.8 Å². The van der Waals surface area contributed by atoms with Crippen LogP contribution in [-0.4, -0.2) is 18.5 Å². The number of hydrogen-bond acceptors (Lipinski definition) is 2. The molecule has 20 heavy (non-hydrogen) atoms. The lowest BCUT2D eigenvalue weighted by Gasteiger charge is -2.30. The van der Waals surface area contributed by atoms with Gasteiger partial charge in [-0.05, 0) is 17.5 Å². The fourth-order valence-electron chi connectivity index (χ4n) is 2.58. The molecule has 0 aliphatic carbocycles. The van der Waals surface area contributed by atoms with Crippen molar-refractivity contribution in [1.82, 2.24) is 10.6 Å². The molecule has 2 N–H and O–H groups in total. The minimum atomic E-state index is -0.141. The van der Waals surface area contributed by atoms with E-state index in [9.17, 15) is 4.79 Å². The van der Waals surface area contributed by atoms with E-state index in [1.807, 2.05) is 48.5 Å². The van der Waals surface area contributed by atoms with E-state index in [1.54, 1.807) is 0 Å². The molecular formula is C17H18N2O. The molecule has 2 aromatic carbocycles. The molecule has 1 saturated heterocycles. The maximum Gasteiger partial charge on any atom is 0.238 e. The number of benzene rings is 2. The first-order chi connectivity index (χ1) is 9.83. The maximum absolute atomic E-state index is 12.2. The number of piperazine rings is 1. The van der Waals surface area contributed by atoms with E-state index >= 15 is 0 Å². The SMILES string of the molecule is O=C1NC(c2ccccc2)CNC1Cc1ccccc1. The fraction of sp³-hybridized carbons (Fsp3) is 0.235. The van der Waals surface area contributed by atoms with Crippen LogP contribution in [0.2, 0.25) is 0 Å². The van der Waals surface area contributed by atoms with Crippen LogP contribution in [-0.2, 0) is 11.2 Å². The summed E-state index contributed by atoms with van der Waals surface area (Å²) < 4.78 is 0. The highest BCUT2D eigenvalue weighted by Crippen LogP contribution is 2.16. The highest BCUT2D eigenvalue weighted by molar-refractivity contribution is 5.83. The summed E-state index contributed by atoms with van der Waals surface area (Å²) in [5.74, 6) is 0.0777. The Morgan fingerprint density at radius 2 is 1.60 bits per heavy atom. The Kier molecular flexibility index (Phi) is 3.79. The Balaban J connectivity index is 1.64. The van der Waals surface area contributed by atoms with Crippen LogP contribution in [0.3, 0.4) is 0 Å². The monoisotopic (exact) mass is 266 g/mol. The third-order valence-corrected chi connectivity index (χ3v) is 3.69. The molecule has 2 atom stereocenters. The second kappa shape index (κ2) is 5.88. The van der Waals surface area contributed by atoms with Crippen molar-refractivity contribution in [2.24, 2.45) is 0 Å². The first-order valence-corrected chi connectivity index (χ1v) is 6.95. The average Bonchev–Trinajstić information content (AvgIpc) is 2.51. The maximum atomic E-state index is 12.2. The van der Waals surface area contributed by atoms with Gasteiger partial charge in [-0.15, -0.1) is 0 Å². The second-order valence-electron chi connectivity index (χ2n) is 5.12. The molecule has 0 radical (unpaired) electrons. The minimum absolute atomic E-state index is 0.0655. The predicted molar refractivity (Wildman–Crippen MR) is 79.3 cm³/mol. The Morgan fingerprint density at radius 1 is 0.950 bits per heavy atom. The van der Waals surface area contributed by atoms with Crippen molar-refractivity contribution >= 4 is 5.91 Å². The predicted octanol–water partition coefficient (Wildman–Crippen LogP) is 2.06. The number of hydrogen-bond donors (Lipinski definition) is 2. The van der Waals surface area contributed by atoms with Crippen LogP contribution >= 0.6 is 0 Å². The van der Waals surface area contributed by atoms with E-state index in [0.29, 0.717) is 0 Å². The van der Waals surface area contributed by atoms with Gasteiger partial charge in [-0.2, -0.15) is 0 Å². The first-order valence-electron chi connectivity index (χ1n) is 6.95. The standard InChI is InChI=1S/C17H18N2O/c20-17-15(11-13-7-3-1-4-8-13)18-12-16(19-17)14-9-5-2-6-10-14/h1-10,15-16,18H,11-12H2,(H,19,20). The third-order valence-electron chi connectivity index (χ3n) is 3.69. The van der Waals surface area contributed by atoms with Gasteiger partial charge in [0.1, 0.15) is 0 Å². The van der Waals surface area contributed by atoms with Crippen LogP contribution in [0.1, 0.15) is 17.2 Å². The van der Waals surface area contributed by atoms with Gasteiger partial charge in [-0.25, -0.2) is 0 Å². The number of carbonyl (C=O) groups is 1. The Bertz CT molecular complexity index is 568. The zero-order chi connectivity index (χ0) is 13.8. The Labute approximate surface area is 119 Å². The molecule has 1 aliphatic heterocycles. The summed E-state index contributed by atoms with van der Waals surface area (Å²) in [4.78, 5) is 12.2. The van der Waals surface area contributed by atoms with Crippen molar-refractivity contribution in [1.29, 1.82) is 0 Å². The van der Waals surface area contributed by atoms with Crippen LogP contribution in [0.4, 0.5) is 0 Å². The van der Waals surface area contributed by atoms with Gasteiger partial charge in [0.2, 0.25) is 5.91 Å². The van der Waals surface area contributed by atoms with Gasteiger partial charge in [0, 0.05) is 6.54 Å². The quantitative estimate of drug-likeness (QED) is 0.893. The van der Waals surface area contributed by atoms with Gasteiger partial charge in [0.05, 0.1) is 12.1 Å². The van der Waals surface area contributed by atoms with Gasteiger partial charge < -0.3 is 10.6 Å². The molecule has 1 fully saturated rings. The van der Waals surface area contributed by atoms with E-state index in [4.69, 9.17) is 0 Å². The molecule has 1 amide bonds. The largest absolute Gasteiger partial charge is 0.347 e. The lowest BCUT2D eigenvalue weighted by molar-refractivity contribution is -0.125. The summed E-state index contributed by atoms with van der Waals surface area (Å²) in [5, 5.41) is 6.46. The average molecular weight is 266 g/mol. The lowest BCUT2D eigenvalue weighted by Crippen LogP contribution is -2.55. The molecular weight excluding hydrogens is 248 g/mol. The number of carbonyl (C=O) groups excluding carboxylic acids is 1. The second-order valence-corrected chi connectivity index (χ2v) is 5.12. The molecule has 2 aromatic rings. The molecule has 2 unspecified atom stereocenters. The molecule has 3 nitrogen and oxygen atoms in total. The smallest absolute Gasteiger partial charge is 0.238 e. The molecule has 0 bridgehead atoms. The topological polar surface area (TPSA) is 41.1 Å². The molecule has 3 rings (SSSR count). The molecule has 3 heteroatoms. The number of rotatable bonds is 3. The van der Waals surface area contributed by atoms with Crippen LogP contribution in [0.5, 0.6) is 0 Å². The fourth-order valence-corrected chi connectivity index (χ4v) is 2.58. The lowest BCUT2D eigenvalue weighted by atomic mass is 9.99. The highest BCUT2D eigenvalue weighted by Gasteiger charge is 2.27. The normalized spacial score (nSPS) is 22.3. The first kappa shape index (κ1) is 12.9. The Morgan fingerprint density at radius 3 is 2.25 bits per heavy atom. The van der Waals surface area contributed by atoms with Crippen molar-refractivity contribution < 1.29 is 4.79 Å². The van der Waals surface area contributed by atoms with Crippen molar-refractivity contribution in [3.8, 4) is 0 Å². The zero-order valence-corrected chi connectivity index (χ0v) is 11.3. The van der Waals surface area contributed by atoms with E-state index < -0.39 is 0 Å². The number of amides is 1. The van der Waals surface area contributed by atoms with Crippen molar-refractivity contribution in [2.75, 3.05) is 6.54 Å². The molecule has 0 spiro atoms.